The van der Waals surface area contributed by atoms with Crippen LogP contribution in [-0.4, -0.2) is 34.8 Å². The molecule has 0 radical (unpaired) electrons. The number of ether oxygens (including phenoxy) is 1. The van der Waals surface area contributed by atoms with Gasteiger partial charge < -0.3 is 14.5 Å². The average molecular weight is 380 g/mol. The van der Waals surface area contributed by atoms with Crippen molar-refractivity contribution in [3.63, 3.8) is 0 Å². The number of anilines is 1. The zero-order valence-electron chi connectivity index (χ0n) is 14.7. The molecule has 142 valence electrons. The van der Waals surface area contributed by atoms with E-state index in [-0.39, 0.29) is 25.3 Å². The highest BCUT2D eigenvalue weighted by atomic mass is 16.7. The van der Waals surface area contributed by atoms with E-state index in [2.05, 4.69) is 10.2 Å². The van der Waals surface area contributed by atoms with Gasteiger partial charge in [0, 0.05) is 24.1 Å². The fraction of sp³-hybridized carbons (Fsp3) is 0.200. The third-order valence-corrected chi connectivity index (χ3v) is 4.74. The number of nitrogens with zero attached hydrogens (tertiary/aromatic N) is 1. The van der Waals surface area contributed by atoms with Gasteiger partial charge in [0.2, 0.25) is 0 Å². The second kappa shape index (κ2) is 7.15. The van der Waals surface area contributed by atoms with Crippen molar-refractivity contribution in [3.05, 3.63) is 65.2 Å². The van der Waals surface area contributed by atoms with Crippen LogP contribution < -0.4 is 5.48 Å². The molecule has 28 heavy (non-hydrogen) atoms. The summed E-state index contributed by atoms with van der Waals surface area (Å²) < 4.78 is 4.66. The van der Waals surface area contributed by atoms with Crippen LogP contribution in [0.1, 0.15) is 39.1 Å². The molecule has 4 rings (SSSR count). The summed E-state index contributed by atoms with van der Waals surface area (Å²) in [7, 11) is 0. The zero-order chi connectivity index (χ0) is 19.7. The van der Waals surface area contributed by atoms with E-state index in [1.54, 1.807) is 48.5 Å². The highest BCUT2D eigenvalue weighted by molar-refractivity contribution is 6.03. The quantitative estimate of drug-likeness (QED) is 0.492. The Labute approximate surface area is 160 Å². The van der Waals surface area contributed by atoms with Gasteiger partial charge in [-0.1, -0.05) is 24.3 Å². The van der Waals surface area contributed by atoms with E-state index in [1.807, 2.05) is 0 Å². The van der Waals surface area contributed by atoms with Crippen molar-refractivity contribution in [2.45, 2.75) is 25.4 Å². The highest BCUT2D eigenvalue weighted by Crippen LogP contribution is 2.32. The summed E-state index contributed by atoms with van der Waals surface area (Å²) in [5.41, 5.74) is 4.46. The van der Waals surface area contributed by atoms with Crippen LogP contribution >= 0.6 is 0 Å². The first-order chi connectivity index (χ1) is 13.5. The Morgan fingerprint density at radius 2 is 1.86 bits per heavy atom. The Balaban J connectivity index is 1.51. The number of carbonyl (C=O) groups excluding carboxylic acids is 4. The van der Waals surface area contributed by atoms with Gasteiger partial charge in [-0.25, -0.2) is 15.1 Å². The lowest BCUT2D eigenvalue weighted by atomic mass is 10.1. The van der Waals surface area contributed by atoms with Gasteiger partial charge in [0.25, 0.3) is 5.91 Å². The summed E-state index contributed by atoms with van der Waals surface area (Å²) >= 11 is 0. The van der Waals surface area contributed by atoms with Gasteiger partial charge in [-0.3, -0.25) is 9.59 Å². The van der Waals surface area contributed by atoms with Gasteiger partial charge in [0.15, 0.2) is 0 Å². The fourth-order valence-electron chi connectivity index (χ4n) is 3.32. The maximum Gasteiger partial charge on any atom is 0.362 e. The Morgan fingerprint density at radius 1 is 1.07 bits per heavy atom. The number of rotatable bonds is 4. The Hall–Kier alpha value is -3.68. The molecule has 2 aromatic carbocycles. The minimum atomic E-state index is -0.808. The highest BCUT2D eigenvalue weighted by Gasteiger charge is 2.41. The minimum Gasteiger partial charge on any atom is -0.392 e. The third-order valence-electron chi connectivity index (χ3n) is 4.74. The largest absolute Gasteiger partial charge is 0.392 e. The maximum atomic E-state index is 12.7. The van der Waals surface area contributed by atoms with E-state index < -0.39 is 23.9 Å². The average Bonchev–Trinajstić information content (AvgIpc) is 3.04. The van der Waals surface area contributed by atoms with E-state index >= 15 is 0 Å². The molecule has 0 aromatic heterocycles. The van der Waals surface area contributed by atoms with Crippen molar-refractivity contribution >= 4 is 29.5 Å². The summed E-state index contributed by atoms with van der Waals surface area (Å²) in [6.07, 6.45) is 0.305. The lowest BCUT2D eigenvalue weighted by Crippen LogP contribution is -2.46. The smallest absolute Gasteiger partial charge is 0.362 e. The Bertz CT molecular complexity index is 972. The summed E-state index contributed by atoms with van der Waals surface area (Å²) in [5.74, 6) is -2.19. The normalized spacial score (nSPS) is 18.5. The number of hydrogen-bond donors (Lipinski definition) is 1. The number of cyclic esters (lactones) is 2. The standard InChI is InChI=1S/C20H16N2O6/c23-17-10-9-16(20(26)27-17)22-11-14-13(18(22)24)7-4-8-15(14)21-28-19(25)12-5-2-1-3-6-12/h1-8,16,21H,9-11H2. The van der Waals surface area contributed by atoms with Crippen LogP contribution in [-0.2, 0) is 25.7 Å². The molecule has 0 aliphatic carbocycles. The van der Waals surface area contributed by atoms with Crippen LogP contribution in [0.3, 0.4) is 0 Å². The molecule has 2 aliphatic heterocycles. The van der Waals surface area contributed by atoms with Crippen molar-refractivity contribution < 1.29 is 28.8 Å². The topological polar surface area (TPSA) is 102 Å². The molecular weight excluding hydrogens is 364 g/mol. The molecule has 0 spiro atoms. The molecule has 0 saturated carbocycles. The van der Waals surface area contributed by atoms with E-state index in [0.717, 1.165) is 0 Å². The maximum absolute atomic E-state index is 12.7. The number of nitrogens with one attached hydrogen (secondary N) is 1. The summed E-state index contributed by atoms with van der Waals surface area (Å²) in [6, 6.07) is 12.7. The van der Waals surface area contributed by atoms with E-state index in [0.29, 0.717) is 22.4 Å². The number of carbonyl (C=O) groups is 4. The molecule has 1 N–H and O–H groups in total. The molecule has 2 aromatic rings. The van der Waals surface area contributed by atoms with Crippen molar-refractivity contribution in [1.29, 1.82) is 0 Å². The first kappa shape index (κ1) is 17.7. The van der Waals surface area contributed by atoms with Gasteiger partial charge in [-0.15, -0.1) is 0 Å². The second-order valence-corrected chi connectivity index (χ2v) is 6.47. The van der Waals surface area contributed by atoms with Crippen molar-refractivity contribution in [2.24, 2.45) is 0 Å². The van der Waals surface area contributed by atoms with Gasteiger partial charge in [-0.2, -0.15) is 0 Å². The Morgan fingerprint density at radius 3 is 2.61 bits per heavy atom. The zero-order valence-corrected chi connectivity index (χ0v) is 14.7. The van der Waals surface area contributed by atoms with Crippen molar-refractivity contribution in [3.8, 4) is 0 Å². The minimum absolute atomic E-state index is 0.0797. The molecule has 2 aliphatic rings. The molecule has 1 amide bonds. The van der Waals surface area contributed by atoms with Crippen molar-refractivity contribution in [2.75, 3.05) is 5.48 Å². The number of benzene rings is 2. The van der Waals surface area contributed by atoms with Crippen LogP contribution in [0.2, 0.25) is 0 Å². The third kappa shape index (κ3) is 3.20. The molecule has 1 saturated heterocycles. The monoisotopic (exact) mass is 380 g/mol. The van der Waals surface area contributed by atoms with E-state index in [9.17, 15) is 19.2 Å². The van der Waals surface area contributed by atoms with Crippen LogP contribution in [0.5, 0.6) is 0 Å². The van der Waals surface area contributed by atoms with Crippen molar-refractivity contribution in [1.82, 2.24) is 4.90 Å². The predicted octanol–water partition coefficient (Wildman–Crippen LogP) is 2.06. The lowest BCUT2D eigenvalue weighted by molar-refractivity contribution is -0.167. The molecule has 1 atom stereocenters. The number of hydrogen-bond acceptors (Lipinski definition) is 7. The summed E-state index contributed by atoms with van der Waals surface area (Å²) in [5, 5.41) is 0. The summed E-state index contributed by atoms with van der Waals surface area (Å²) in [6.45, 7) is 0.147. The van der Waals surface area contributed by atoms with Crippen LogP contribution in [0, 0.1) is 0 Å². The molecule has 8 heteroatoms. The first-order valence-corrected chi connectivity index (χ1v) is 8.74. The summed E-state index contributed by atoms with van der Waals surface area (Å²) in [4.78, 5) is 54.6. The van der Waals surface area contributed by atoms with Crippen LogP contribution in [0.15, 0.2) is 48.5 Å². The predicted molar refractivity (Wildman–Crippen MR) is 95.9 cm³/mol. The lowest BCUT2D eigenvalue weighted by Gasteiger charge is -2.28. The number of fused-ring (bicyclic) bond motifs is 1. The van der Waals surface area contributed by atoms with E-state index in [4.69, 9.17) is 4.84 Å². The second-order valence-electron chi connectivity index (χ2n) is 6.47. The molecular formula is C20H16N2O6. The van der Waals surface area contributed by atoms with E-state index in [1.165, 1.54) is 4.90 Å². The molecule has 0 bridgehead atoms. The molecule has 1 unspecified atom stereocenters. The van der Waals surface area contributed by atoms with Crippen LogP contribution in [0.25, 0.3) is 0 Å². The SMILES string of the molecule is O=C1CCC(N2Cc3c(NOC(=O)c4ccccc4)cccc3C2=O)C(=O)O1. The Kier molecular flexibility index (Phi) is 4.52. The van der Waals surface area contributed by atoms with Crippen LogP contribution in [0.4, 0.5) is 5.69 Å². The fourth-order valence-corrected chi connectivity index (χ4v) is 3.32. The van der Waals surface area contributed by atoms with Gasteiger partial charge >= 0.3 is 17.9 Å². The van der Waals surface area contributed by atoms with Gasteiger partial charge in [0.05, 0.1) is 11.3 Å². The number of esters is 2. The first-order valence-electron chi connectivity index (χ1n) is 8.74. The molecule has 8 nitrogen and oxygen atoms in total. The molecule has 1 fully saturated rings. The van der Waals surface area contributed by atoms with Gasteiger partial charge in [0.1, 0.15) is 6.04 Å². The number of amides is 1. The molecule has 2 heterocycles. The van der Waals surface area contributed by atoms with Gasteiger partial charge in [-0.05, 0) is 30.7 Å².